The molecule has 0 bridgehead atoms. The van der Waals surface area contributed by atoms with Crippen molar-refractivity contribution >= 4 is 0 Å². The van der Waals surface area contributed by atoms with E-state index in [1.54, 1.807) is 0 Å². The average molecular weight is 236 g/mol. The van der Waals surface area contributed by atoms with Crippen molar-refractivity contribution in [2.75, 3.05) is 19.7 Å². The van der Waals surface area contributed by atoms with Crippen molar-refractivity contribution in [2.24, 2.45) is 5.73 Å². The second-order valence-electron chi connectivity index (χ2n) is 4.42. The molecule has 1 aromatic carbocycles. The van der Waals surface area contributed by atoms with Crippen molar-refractivity contribution in [3.8, 4) is 5.75 Å². The van der Waals surface area contributed by atoms with E-state index in [0.717, 1.165) is 31.0 Å². The highest BCUT2D eigenvalue weighted by molar-refractivity contribution is 5.28. The van der Waals surface area contributed by atoms with Crippen LogP contribution in [0.4, 0.5) is 0 Å². The molecule has 17 heavy (non-hydrogen) atoms. The number of rotatable bonds is 7. The fourth-order valence-corrected chi connectivity index (χ4v) is 1.82. The third kappa shape index (κ3) is 4.75. The molecule has 1 rings (SSSR count). The number of nitrogens with two attached hydrogens (primary N) is 1. The normalized spacial score (nSPS) is 11.2. The first-order chi connectivity index (χ1) is 8.17. The van der Waals surface area contributed by atoms with E-state index in [1.807, 2.05) is 24.3 Å². The maximum Gasteiger partial charge on any atom is 0.119 e. The summed E-state index contributed by atoms with van der Waals surface area (Å²) in [5.74, 6) is 0.910. The molecule has 3 nitrogen and oxygen atoms in total. The van der Waals surface area contributed by atoms with Crippen molar-refractivity contribution in [3.05, 3.63) is 29.8 Å². The Morgan fingerprint density at radius 2 is 2.12 bits per heavy atom. The maximum absolute atomic E-state index is 5.73. The van der Waals surface area contributed by atoms with E-state index in [1.165, 1.54) is 0 Å². The van der Waals surface area contributed by atoms with Gasteiger partial charge in [0.1, 0.15) is 12.4 Å². The fraction of sp³-hybridized carbons (Fsp3) is 0.571. The van der Waals surface area contributed by atoms with E-state index in [2.05, 4.69) is 25.7 Å². The van der Waals surface area contributed by atoms with Gasteiger partial charge in [0.2, 0.25) is 0 Å². The summed E-state index contributed by atoms with van der Waals surface area (Å²) in [4.78, 5) is 2.38. The lowest BCUT2D eigenvalue weighted by Gasteiger charge is -2.24. The van der Waals surface area contributed by atoms with Gasteiger partial charge in [0.15, 0.2) is 0 Å². The Labute approximate surface area is 105 Å². The van der Waals surface area contributed by atoms with Crippen LogP contribution in [0.15, 0.2) is 24.3 Å². The Hall–Kier alpha value is -1.06. The first-order valence-corrected chi connectivity index (χ1v) is 6.33. The number of nitrogens with zero attached hydrogens (tertiary/aromatic N) is 1. The van der Waals surface area contributed by atoms with Crippen LogP contribution in [-0.2, 0) is 6.54 Å². The Balaban J connectivity index is 2.39. The predicted octanol–water partition coefficient (Wildman–Crippen LogP) is 2.25. The molecule has 2 N–H and O–H groups in total. The first kappa shape index (κ1) is 14.0. The molecule has 0 atom stereocenters. The standard InChI is InChI=1S/C14H24N2O/c1-4-16(12(2)3)8-9-17-14-7-5-6-13(10-14)11-15/h5-7,10,12H,4,8-9,11,15H2,1-3H3. The van der Waals surface area contributed by atoms with Crippen LogP contribution in [0.25, 0.3) is 0 Å². The van der Waals surface area contributed by atoms with Crippen molar-refractivity contribution in [3.63, 3.8) is 0 Å². The zero-order valence-corrected chi connectivity index (χ0v) is 11.1. The molecule has 0 saturated carbocycles. The van der Waals surface area contributed by atoms with Gasteiger partial charge in [0, 0.05) is 19.1 Å². The molecule has 0 heterocycles. The van der Waals surface area contributed by atoms with Gasteiger partial charge in [-0.1, -0.05) is 19.1 Å². The summed E-state index contributed by atoms with van der Waals surface area (Å²) in [5, 5.41) is 0. The van der Waals surface area contributed by atoms with Crippen LogP contribution in [0.5, 0.6) is 5.75 Å². The molecule has 0 unspecified atom stereocenters. The van der Waals surface area contributed by atoms with Crippen LogP contribution in [-0.4, -0.2) is 30.6 Å². The number of ether oxygens (including phenoxy) is 1. The Morgan fingerprint density at radius 1 is 1.35 bits per heavy atom. The molecular formula is C14H24N2O. The van der Waals surface area contributed by atoms with Gasteiger partial charge >= 0.3 is 0 Å². The number of hydrogen-bond donors (Lipinski definition) is 1. The molecule has 0 amide bonds. The van der Waals surface area contributed by atoms with Crippen LogP contribution in [0.2, 0.25) is 0 Å². The molecule has 0 spiro atoms. The molecule has 0 aliphatic carbocycles. The average Bonchev–Trinajstić information content (AvgIpc) is 2.34. The Bertz CT molecular complexity index is 326. The van der Waals surface area contributed by atoms with Crippen molar-refractivity contribution < 1.29 is 4.74 Å². The van der Waals surface area contributed by atoms with E-state index in [4.69, 9.17) is 10.5 Å². The third-order valence-corrected chi connectivity index (χ3v) is 2.92. The summed E-state index contributed by atoms with van der Waals surface area (Å²) >= 11 is 0. The van der Waals surface area contributed by atoms with Gasteiger partial charge in [-0.05, 0) is 38.1 Å². The molecule has 0 fully saturated rings. The molecule has 0 radical (unpaired) electrons. The van der Waals surface area contributed by atoms with Crippen LogP contribution in [0.3, 0.4) is 0 Å². The lowest BCUT2D eigenvalue weighted by Crippen LogP contribution is -2.34. The summed E-state index contributed by atoms with van der Waals surface area (Å²) in [5.41, 5.74) is 6.70. The van der Waals surface area contributed by atoms with Gasteiger partial charge in [-0.15, -0.1) is 0 Å². The van der Waals surface area contributed by atoms with E-state index in [9.17, 15) is 0 Å². The van der Waals surface area contributed by atoms with Gasteiger partial charge in [-0.25, -0.2) is 0 Å². The maximum atomic E-state index is 5.73. The summed E-state index contributed by atoms with van der Waals surface area (Å²) < 4.78 is 5.73. The van der Waals surface area contributed by atoms with Gasteiger partial charge in [0.25, 0.3) is 0 Å². The summed E-state index contributed by atoms with van der Waals surface area (Å²) in [7, 11) is 0. The molecule has 1 aromatic rings. The fourth-order valence-electron chi connectivity index (χ4n) is 1.82. The Morgan fingerprint density at radius 3 is 2.71 bits per heavy atom. The van der Waals surface area contributed by atoms with Gasteiger partial charge in [-0.2, -0.15) is 0 Å². The van der Waals surface area contributed by atoms with Crippen LogP contribution < -0.4 is 10.5 Å². The third-order valence-electron chi connectivity index (χ3n) is 2.92. The second kappa shape index (κ2) is 7.30. The SMILES string of the molecule is CCN(CCOc1cccc(CN)c1)C(C)C. The molecule has 96 valence electrons. The molecule has 3 heteroatoms. The van der Waals surface area contributed by atoms with Crippen LogP contribution in [0.1, 0.15) is 26.3 Å². The number of benzene rings is 1. The van der Waals surface area contributed by atoms with Crippen molar-refractivity contribution in [1.82, 2.24) is 4.90 Å². The molecule has 0 aliphatic heterocycles. The number of likely N-dealkylation sites (N-methyl/N-ethyl adjacent to an activating group) is 1. The van der Waals surface area contributed by atoms with Gasteiger partial charge < -0.3 is 10.5 Å². The van der Waals surface area contributed by atoms with Gasteiger partial charge in [0.05, 0.1) is 0 Å². The minimum absolute atomic E-state index is 0.560. The molecule has 0 saturated heterocycles. The lowest BCUT2D eigenvalue weighted by molar-refractivity contribution is 0.183. The van der Waals surface area contributed by atoms with Crippen molar-refractivity contribution in [2.45, 2.75) is 33.4 Å². The highest BCUT2D eigenvalue weighted by Crippen LogP contribution is 2.12. The molecular weight excluding hydrogens is 212 g/mol. The highest BCUT2D eigenvalue weighted by Gasteiger charge is 2.06. The summed E-state index contributed by atoms with van der Waals surface area (Å²) in [6.45, 7) is 9.89. The van der Waals surface area contributed by atoms with Crippen LogP contribution >= 0.6 is 0 Å². The zero-order chi connectivity index (χ0) is 12.7. The summed E-state index contributed by atoms with van der Waals surface area (Å²) in [6.07, 6.45) is 0. The van der Waals surface area contributed by atoms with E-state index in [0.29, 0.717) is 12.6 Å². The Kier molecular flexibility index (Phi) is 6.01. The quantitative estimate of drug-likeness (QED) is 0.789. The smallest absolute Gasteiger partial charge is 0.119 e. The molecule has 0 aromatic heterocycles. The minimum atomic E-state index is 0.560. The highest BCUT2D eigenvalue weighted by atomic mass is 16.5. The molecule has 0 aliphatic rings. The zero-order valence-electron chi connectivity index (χ0n) is 11.1. The predicted molar refractivity (Wildman–Crippen MR) is 72.2 cm³/mol. The van der Waals surface area contributed by atoms with Crippen LogP contribution in [0, 0.1) is 0 Å². The largest absolute Gasteiger partial charge is 0.492 e. The first-order valence-electron chi connectivity index (χ1n) is 6.33. The van der Waals surface area contributed by atoms with Gasteiger partial charge in [-0.3, -0.25) is 4.90 Å². The van der Waals surface area contributed by atoms with E-state index < -0.39 is 0 Å². The lowest BCUT2D eigenvalue weighted by atomic mass is 10.2. The summed E-state index contributed by atoms with van der Waals surface area (Å²) in [6, 6.07) is 8.55. The monoisotopic (exact) mass is 236 g/mol. The topological polar surface area (TPSA) is 38.5 Å². The number of hydrogen-bond acceptors (Lipinski definition) is 3. The second-order valence-corrected chi connectivity index (χ2v) is 4.42. The van der Waals surface area contributed by atoms with Crippen molar-refractivity contribution in [1.29, 1.82) is 0 Å². The van der Waals surface area contributed by atoms with E-state index >= 15 is 0 Å². The minimum Gasteiger partial charge on any atom is -0.492 e. The van der Waals surface area contributed by atoms with E-state index in [-0.39, 0.29) is 0 Å².